The zero-order valence-electron chi connectivity index (χ0n) is 43.8. The minimum atomic E-state index is -0.0358. The van der Waals surface area contributed by atoms with Crippen LogP contribution in [0.5, 0.6) is 0 Å². The van der Waals surface area contributed by atoms with Gasteiger partial charge < -0.3 is 0 Å². The lowest BCUT2D eigenvalue weighted by Crippen LogP contribution is -2.63. The van der Waals surface area contributed by atoms with Crippen molar-refractivity contribution >= 4 is 57.5 Å². The largest absolute Gasteiger partial charge is 0.296 e. The summed E-state index contributed by atoms with van der Waals surface area (Å²) in [5.41, 5.74) is 21.5. The van der Waals surface area contributed by atoms with E-state index in [0.717, 1.165) is 17.5 Å². The number of anilines is 6. The normalized spacial score (nSPS) is 23.3. The molecule has 4 aliphatic carbocycles. The van der Waals surface area contributed by atoms with Crippen molar-refractivity contribution in [1.82, 2.24) is 9.97 Å². The van der Waals surface area contributed by atoms with Crippen molar-refractivity contribution in [3.63, 3.8) is 0 Å². The van der Waals surface area contributed by atoms with Crippen LogP contribution in [0.4, 0.5) is 34.4 Å². The Labute approximate surface area is 398 Å². The fourth-order valence-electron chi connectivity index (χ4n) is 13.9. The molecule has 2 aliphatic heterocycles. The molecule has 3 heterocycles. The monoisotopic (exact) mass is 877 g/mol. The van der Waals surface area contributed by atoms with Crippen molar-refractivity contribution in [3.8, 4) is 0 Å². The van der Waals surface area contributed by atoms with E-state index in [1.165, 1.54) is 135 Å². The molecule has 11 rings (SSSR count). The van der Waals surface area contributed by atoms with Gasteiger partial charge in [-0.05, 0) is 193 Å². The van der Waals surface area contributed by atoms with Crippen molar-refractivity contribution in [2.24, 2.45) is 0 Å². The Hall–Kier alpha value is -4.38. The molecular weight excluding hydrogens is 800 g/mol. The molecule has 6 aliphatic rings. The average molecular weight is 877 g/mol. The number of hydrogen-bond donors (Lipinski definition) is 0. The van der Waals surface area contributed by atoms with Gasteiger partial charge in [-0.15, -0.1) is 0 Å². The minimum absolute atomic E-state index is 0.0358. The second-order valence-electron chi connectivity index (χ2n) is 27.4. The summed E-state index contributed by atoms with van der Waals surface area (Å²) in [7, 11) is 0. The highest BCUT2D eigenvalue weighted by Crippen LogP contribution is 2.55. The van der Waals surface area contributed by atoms with Gasteiger partial charge in [0.2, 0.25) is 0 Å². The second-order valence-corrected chi connectivity index (χ2v) is 27.4. The number of benzene rings is 4. The number of aromatic nitrogens is 2. The zero-order valence-corrected chi connectivity index (χ0v) is 43.8. The van der Waals surface area contributed by atoms with Gasteiger partial charge in [-0.2, -0.15) is 0 Å². The van der Waals surface area contributed by atoms with E-state index in [0.29, 0.717) is 0 Å². The molecule has 0 atom stereocenters. The van der Waals surface area contributed by atoms with Gasteiger partial charge in [0.15, 0.2) is 0 Å². The molecule has 0 unspecified atom stereocenters. The maximum absolute atomic E-state index is 5.66. The first-order chi connectivity index (χ1) is 30.5. The lowest BCUT2D eigenvalue weighted by Gasteiger charge is -2.48. The highest BCUT2D eigenvalue weighted by atomic mass is 15.3. The van der Waals surface area contributed by atoms with Crippen LogP contribution in [-0.2, 0) is 43.3 Å². The van der Waals surface area contributed by atoms with Gasteiger partial charge in [0.25, 0.3) is 6.71 Å². The Morgan fingerprint density at radius 1 is 0.364 bits per heavy atom. The van der Waals surface area contributed by atoms with Crippen LogP contribution in [0, 0.1) is 6.92 Å². The van der Waals surface area contributed by atoms with Crippen molar-refractivity contribution in [3.05, 3.63) is 111 Å². The molecule has 5 heteroatoms. The van der Waals surface area contributed by atoms with Crippen LogP contribution in [0.3, 0.4) is 0 Å². The third-order valence-corrected chi connectivity index (χ3v) is 19.0. The summed E-state index contributed by atoms with van der Waals surface area (Å²) in [4.78, 5) is 16.5. The number of rotatable bonds is 2. The smallest absolute Gasteiger partial charge is 0.256 e. The first kappa shape index (κ1) is 44.1. The van der Waals surface area contributed by atoms with Crippen molar-refractivity contribution in [2.75, 3.05) is 9.80 Å². The summed E-state index contributed by atoms with van der Waals surface area (Å²) >= 11 is 0. The molecule has 4 aromatic carbocycles. The van der Waals surface area contributed by atoms with Gasteiger partial charge in [-0.25, -0.2) is 9.97 Å². The lowest BCUT2D eigenvalue weighted by molar-refractivity contribution is 0.332. The summed E-state index contributed by atoms with van der Waals surface area (Å²) in [6.07, 6.45) is 9.42. The molecule has 4 nitrogen and oxygen atoms in total. The van der Waals surface area contributed by atoms with E-state index in [2.05, 4.69) is 188 Å². The molecule has 0 radical (unpaired) electrons. The predicted molar refractivity (Wildman–Crippen MR) is 282 cm³/mol. The molecule has 0 fully saturated rings. The van der Waals surface area contributed by atoms with E-state index in [9.17, 15) is 0 Å². The highest BCUT2D eigenvalue weighted by Gasteiger charge is 2.50. The van der Waals surface area contributed by atoms with E-state index < -0.39 is 0 Å². The van der Waals surface area contributed by atoms with Gasteiger partial charge in [-0.3, -0.25) is 9.80 Å². The van der Waals surface area contributed by atoms with Gasteiger partial charge in [-0.1, -0.05) is 135 Å². The first-order valence-corrected chi connectivity index (χ1v) is 25.7. The van der Waals surface area contributed by atoms with E-state index in [1.54, 1.807) is 0 Å². The topological polar surface area (TPSA) is 32.3 Å². The van der Waals surface area contributed by atoms with Crippen molar-refractivity contribution < 1.29 is 0 Å². The summed E-state index contributed by atoms with van der Waals surface area (Å²) in [6.45, 7) is 41.6. The van der Waals surface area contributed by atoms with Crippen LogP contribution < -0.4 is 26.2 Å². The standard InChI is InChI=1S/C61H77BN4/c1-36-63-52-51-53(64-36)66(38-19-21-40-42(31-38)57(8,9)25-23-55(40,4)5)50-35-46-44(59(12,13)27-29-61(46,16)17)33-48(50)62(51)47-32-43-45(60(14,15)28-26-58(43,10)11)34-49(47)65(52)37-18-20-39-41(30-37)56(6,7)24-22-54(39,2)3/h18-21,30-35H,22-29H2,1-17H3. The van der Waals surface area contributed by atoms with Crippen molar-refractivity contribution in [2.45, 2.75) is 212 Å². The number of nitrogens with zero attached hydrogens (tertiary/aromatic N) is 4. The molecule has 1 aromatic heterocycles. The molecule has 5 aromatic rings. The maximum Gasteiger partial charge on any atom is 0.256 e. The Kier molecular flexibility index (Phi) is 8.99. The van der Waals surface area contributed by atoms with Crippen LogP contribution in [-0.4, -0.2) is 16.7 Å². The number of aryl methyl sites for hydroxylation is 1. The highest BCUT2D eigenvalue weighted by molar-refractivity contribution is 7.00. The lowest BCUT2D eigenvalue weighted by atomic mass is 9.33. The maximum atomic E-state index is 5.66. The molecule has 0 spiro atoms. The molecule has 0 N–H and O–H groups in total. The summed E-state index contributed by atoms with van der Waals surface area (Å²) in [6, 6.07) is 25.5. The summed E-state index contributed by atoms with van der Waals surface area (Å²) in [5.74, 6) is 2.87. The van der Waals surface area contributed by atoms with E-state index in [1.807, 2.05) is 0 Å². The fourth-order valence-corrected chi connectivity index (χ4v) is 13.9. The van der Waals surface area contributed by atoms with Gasteiger partial charge in [0.05, 0.1) is 0 Å². The van der Waals surface area contributed by atoms with Crippen LogP contribution in [0.15, 0.2) is 60.7 Å². The third kappa shape index (κ3) is 6.21. The van der Waals surface area contributed by atoms with E-state index in [-0.39, 0.29) is 50.0 Å². The molecule has 66 heavy (non-hydrogen) atoms. The molecule has 344 valence electrons. The van der Waals surface area contributed by atoms with Crippen LogP contribution in [0.1, 0.15) is 212 Å². The molecular formula is C61H77BN4. The third-order valence-electron chi connectivity index (χ3n) is 19.0. The van der Waals surface area contributed by atoms with Crippen LogP contribution >= 0.6 is 0 Å². The first-order valence-electron chi connectivity index (χ1n) is 25.7. The molecule has 0 saturated carbocycles. The Morgan fingerprint density at radius 3 is 0.955 bits per heavy atom. The zero-order chi connectivity index (χ0) is 47.3. The average Bonchev–Trinajstić information content (AvgIpc) is 3.23. The predicted octanol–water partition coefficient (Wildman–Crippen LogP) is 14.3. The molecule has 0 bridgehead atoms. The molecule has 0 amide bonds. The van der Waals surface area contributed by atoms with Crippen molar-refractivity contribution in [1.29, 1.82) is 0 Å². The minimum Gasteiger partial charge on any atom is -0.296 e. The van der Waals surface area contributed by atoms with Gasteiger partial charge in [0.1, 0.15) is 17.5 Å². The Balaban J connectivity index is 1.27. The molecule has 0 saturated heterocycles. The second kappa shape index (κ2) is 13.4. The summed E-state index contributed by atoms with van der Waals surface area (Å²) in [5, 5.41) is 0. The SMILES string of the molecule is Cc1nc2c3c(n1)N(c1ccc4c(c1)C(C)(C)CCC4(C)C)c1cc4c(cc1B3c1cc3c(cc1N2c1ccc2c(c1)C(C)(C)CCC2(C)C)C(C)(C)CCC3(C)C)C(C)(C)CCC4(C)C. The van der Waals surface area contributed by atoms with Crippen LogP contribution in [0.2, 0.25) is 0 Å². The van der Waals surface area contributed by atoms with Crippen LogP contribution in [0.25, 0.3) is 0 Å². The van der Waals surface area contributed by atoms with Gasteiger partial charge in [0, 0.05) is 28.2 Å². The van der Waals surface area contributed by atoms with E-state index >= 15 is 0 Å². The Bertz CT molecular complexity index is 2730. The van der Waals surface area contributed by atoms with E-state index in [4.69, 9.17) is 9.97 Å². The quantitative estimate of drug-likeness (QED) is 0.162. The fraction of sp³-hybridized carbons (Fsp3) is 0.541. The van der Waals surface area contributed by atoms with Gasteiger partial charge >= 0.3 is 0 Å². The Morgan fingerprint density at radius 2 is 0.636 bits per heavy atom. The number of fused-ring (bicyclic) bond motifs is 8. The summed E-state index contributed by atoms with van der Waals surface area (Å²) < 4.78 is 0. The number of hydrogen-bond acceptors (Lipinski definition) is 4.